The highest BCUT2D eigenvalue weighted by atomic mass is 32.2. The van der Waals surface area contributed by atoms with Crippen LogP contribution in [0.3, 0.4) is 0 Å². The van der Waals surface area contributed by atoms with Crippen LogP contribution in [0.25, 0.3) is 0 Å². The van der Waals surface area contributed by atoms with Gasteiger partial charge in [0.2, 0.25) is 0 Å². The molecule has 148 valence electrons. The molecule has 0 N–H and O–H groups in total. The minimum Gasteiger partial charge on any atom is -0.366 e. The van der Waals surface area contributed by atoms with E-state index in [9.17, 15) is 26.0 Å². The molecule has 1 aromatic carbocycles. The topological polar surface area (TPSA) is 43.9 Å². The Morgan fingerprint density at radius 2 is 1.73 bits per heavy atom. The summed E-state index contributed by atoms with van der Waals surface area (Å²) < 4.78 is 78.4. The molecule has 1 fully saturated rings. The first-order valence-corrected chi connectivity index (χ1v) is 10.2. The summed E-state index contributed by atoms with van der Waals surface area (Å²) in [7, 11) is -0.666. The van der Waals surface area contributed by atoms with Crippen molar-refractivity contribution in [2.75, 3.05) is 50.9 Å². The molecule has 0 spiro atoms. The number of anilines is 1. The third-order valence-electron chi connectivity index (χ3n) is 4.00. The van der Waals surface area contributed by atoms with Gasteiger partial charge in [0, 0.05) is 45.2 Å². The molecule has 11 heteroatoms. The van der Waals surface area contributed by atoms with Crippen molar-refractivity contribution in [2.24, 2.45) is 0 Å². The third-order valence-corrected chi connectivity index (χ3v) is 7.17. The number of halogens is 4. The molecule has 1 saturated heterocycles. The number of hydrogen-bond donors (Lipinski definition) is 0. The Morgan fingerprint density at radius 1 is 1.15 bits per heavy atom. The molecule has 1 aromatic rings. The summed E-state index contributed by atoms with van der Waals surface area (Å²) >= 11 is 0.618. The van der Waals surface area contributed by atoms with Crippen LogP contribution in [-0.4, -0.2) is 69.2 Å². The smallest absolute Gasteiger partial charge is 0.366 e. The maximum Gasteiger partial charge on any atom is 0.398 e. The zero-order valence-corrected chi connectivity index (χ0v) is 16.3. The monoisotopic (exact) mass is 415 g/mol. The van der Waals surface area contributed by atoms with Gasteiger partial charge in [0.05, 0.1) is 11.4 Å². The molecular weight excluding hydrogens is 394 g/mol. The first-order valence-electron chi connectivity index (χ1n) is 7.84. The fourth-order valence-electron chi connectivity index (χ4n) is 2.59. The van der Waals surface area contributed by atoms with E-state index in [1.165, 1.54) is 30.5 Å². The lowest BCUT2D eigenvalue weighted by molar-refractivity contribution is -0.105. The van der Waals surface area contributed by atoms with E-state index in [0.29, 0.717) is 22.2 Å². The van der Waals surface area contributed by atoms with Gasteiger partial charge < -0.3 is 4.90 Å². The summed E-state index contributed by atoms with van der Waals surface area (Å²) in [5.41, 5.74) is 0.636. The van der Waals surface area contributed by atoms with Crippen molar-refractivity contribution in [3.63, 3.8) is 0 Å². The van der Waals surface area contributed by atoms with Crippen LogP contribution in [-0.2, 0) is 10.2 Å². The van der Waals surface area contributed by atoms with Crippen LogP contribution in [0.4, 0.5) is 23.2 Å². The fourth-order valence-corrected chi connectivity index (χ4v) is 4.48. The number of rotatable bonds is 5. The first kappa shape index (κ1) is 21.3. The Labute approximate surface area is 155 Å². The summed E-state index contributed by atoms with van der Waals surface area (Å²) in [6, 6.07) is 2.63. The molecule has 2 rings (SSSR count). The Hall–Kier alpha value is -1.04. The van der Waals surface area contributed by atoms with Crippen LogP contribution in [0.1, 0.15) is 5.56 Å². The average Bonchev–Trinajstić information content (AvgIpc) is 2.53. The van der Waals surface area contributed by atoms with E-state index in [0.717, 1.165) is 4.31 Å². The van der Waals surface area contributed by atoms with Crippen LogP contribution in [0.5, 0.6) is 0 Å². The van der Waals surface area contributed by atoms with Gasteiger partial charge in [0.15, 0.2) is 0 Å². The zero-order chi connectivity index (χ0) is 19.7. The van der Waals surface area contributed by atoms with Gasteiger partial charge in [0.1, 0.15) is 5.82 Å². The number of nitrogens with zero attached hydrogens (tertiary/aromatic N) is 3. The molecule has 0 radical (unpaired) electrons. The quantitative estimate of drug-likeness (QED) is 0.548. The molecule has 0 bridgehead atoms. The fraction of sp³-hybridized carbons (Fsp3) is 0.600. The lowest BCUT2D eigenvalue weighted by Crippen LogP contribution is -2.51. The number of alkyl halides is 3. The predicted octanol–water partition coefficient (Wildman–Crippen LogP) is 2.72. The van der Waals surface area contributed by atoms with Crippen molar-refractivity contribution in [2.45, 2.75) is 18.0 Å². The number of piperazine rings is 1. The van der Waals surface area contributed by atoms with Crippen LogP contribution >= 0.6 is 11.8 Å². The number of thioether (sulfide) groups is 1. The van der Waals surface area contributed by atoms with Crippen molar-refractivity contribution in [1.82, 2.24) is 8.61 Å². The second kappa shape index (κ2) is 7.91. The molecule has 0 aromatic heterocycles. The van der Waals surface area contributed by atoms with E-state index in [2.05, 4.69) is 0 Å². The normalized spacial score (nSPS) is 17.2. The van der Waals surface area contributed by atoms with E-state index >= 15 is 0 Å². The summed E-state index contributed by atoms with van der Waals surface area (Å²) in [5, 5.41) is 0. The van der Waals surface area contributed by atoms with Gasteiger partial charge in [-0.15, -0.1) is 11.8 Å². The van der Waals surface area contributed by atoms with Crippen molar-refractivity contribution in [3.05, 3.63) is 23.5 Å². The Bertz CT molecular complexity index is 746. The van der Waals surface area contributed by atoms with Gasteiger partial charge in [-0.2, -0.15) is 30.2 Å². The highest BCUT2D eigenvalue weighted by molar-refractivity contribution is 7.99. The minimum absolute atomic E-state index is 0.179. The third kappa shape index (κ3) is 5.02. The molecule has 1 aliphatic rings. The van der Waals surface area contributed by atoms with Crippen LogP contribution in [0.15, 0.2) is 17.0 Å². The number of aryl methyl sites for hydroxylation is 1. The van der Waals surface area contributed by atoms with Crippen molar-refractivity contribution in [1.29, 1.82) is 0 Å². The van der Waals surface area contributed by atoms with E-state index in [1.54, 1.807) is 11.8 Å². The molecule has 5 nitrogen and oxygen atoms in total. The van der Waals surface area contributed by atoms with Gasteiger partial charge in [-0.1, -0.05) is 0 Å². The van der Waals surface area contributed by atoms with E-state index in [4.69, 9.17) is 0 Å². The molecule has 0 atom stereocenters. The maximum absolute atomic E-state index is 14.3. The molecule has 0 unspecified atom stereocenters. The van der Waals surface area contributed by atoms with Crippen LogP contribution < -0.4 is 4.90 Å². The first-order chi connectivity index (χ1) is 11.9. The average molecular weight is 415 g/mol. The van der Waals surface area contributed by atoms with Crippen molar-refractivity contribution >= 4 is 27.7 Å². The summed E-state index contributed by atoms with van der Waals surface area (Å²) in [6.45, 7) is 2.44. The summed E-state index contributed by atoms with van der Waals surface area (Å²) in [4.78, 5) is 2.02. The van der Waals surface area contributed by atoms with E-state index < -0.39 is 28.0 Å². The number of hydrogen-bond acceptors (Lipinski definition) is 4. The standard InChI is InChI=1S/C15H21F4N3O2S2/c1-11-8-12(16)13(9-14(11)25-10-15(17,18)19)21-4-6-22(7-5-21)26(23,24)20(2)3/h8-9H,4-7,10H2,1-3H3. The lowest BCUT2D eigenvalue weighted by Gasteiger charge is -2.36. The highest BCUT2D eigenvalue weighted by Gasteiger charge is 2.30. The Balaban J connectivity index is 2.15. The van der Waals surface area contributed by atoms with E-state index in [1.807, 2.05) is 0 Å². The lowest BCUT2D eigenvalue weighted by atomic mass is 10.2. The van der Waals surface area contributed by atoms with Crippen molar-refractivity contribution in [3.8, 4) is 0 Å². The Morgan fingerprint density at radius 3 is 2.23 bits per heavy atom. The highest BCUT2D eigenvalue weighted by Crippen LogP contribution is 2.34. The molecule has 0 aliphatic carbocycles. The molecule has 1 aliphatic heterocycles. The minimum atomic E-state index is -4.31. The van der Waals surface area contributed by atoms with Gasteiger partial charge >= 0.3 is 6.18 Å². The van der Waals surface area contributed by atoms with Gasteiger partial charge in [-0.05, 0) is 24.6 Å². The zero-order valence-electron chi connectivity index (χ0n) is 14.7. The van der Waals surface area contributed by atoms with Gasteiger partial charge in [-0.25, -0.2) is 4.39 Å². The summed E-state index contributed by atoms with van der Waals surface area (Å²) in [6.07, 6.45) is -4.31. The molecule has 1 heterocycles. The second-order valence-electron chi connectivity index (χ2n) is 6.15. The maximum atomic E-state index is 14.3. The SMILES string of the molecule is Cc1cc(F)c(N2CCN(S(=O)(=O)N(C)C)CC2)cc1SCC(F)(F)F. The van der Waals surface area contributed by atoms with Gasteiger partial charge in [0.25, 0.3) is 10.2 Å². The molecule has 0 amide bonds. The molecule has 26 heavy (non-hydrogen) atoms. The van der Waals surface area contributed by atoms with Crippen LogP contribution in [0.2, 0.25) is 0 Å². The molecular formula is C15H21F4N3O2S2. The van der Waals surface area contributed by atoms with Gasteiger partial charge in [-0.3, -0.25) is 0 Å². The van der Waals surface area contributed by atoms with Crippen molar-refractivity contribution < 1.29 is 26.0 Å². The molecule has 0 saturated carbocycles. The summed E-state index contributed by atoms with van der Waals surface area (Å²) in [5.74, 6) is -1.57. The van der Waals surface area contributed by atoms with Crippen LogP contribution in [0, 0.1) is 12.7 Å². The number of benzene rings is 1. The Kier molecular flexibility index (Phi) is 6.47. The predicted molar refractivity (Wildman–Crippen MR) is 94.3 cm³/mol. The van der Waals surface area contributed by atoms with E-state index in [-0.39, 0.29) is 31.9 Å². The largest absolute Gasteiger partial charge is 0.398 e. The second-order valence-corrected chi connectivity index (χ2v) is 9.31.